The van der Waals surface area contributed by atoms with E-state index in [1.54, 1.807) is 12.1 Å². The highest BCUT2D eigenvalue weighted by molar-refractivity contribution is 6.30. The Morgan fingerprint density at radius 3 is 2.83 bits per heavy atom. The molecule has 4 nitrogen and oxygen atoms in total. The van der Waals surface area contributed by atoms with Gasteiger partial charge in [-0.15, -0.1) is 0 Å². The molecule has 6 heteroatoms. The number of benzene rings is 1. The highest BCUT2D eigenvalue weighted by atomic mass is 35.5. The first-order chi connectivity index (χ1) is 11.4. The summed E-state index contributed by atoms with van der Waals surface area (Å²) in [6.45, 7) is 7.06. The minimum absolute atomic E-state index is 0.0233. The van der Waals surface area contributed by atoms with Crippen molar-refractivity contribution in [3.05, 3.63) is 40.7 Å². The molecule has 0 fully saturated rings. The van der Waals surface area contributed by atoms with Crippen LogP contribution in [-0.4, -0.2) is 30.7 Å². The number of allylic oxidation sites excluding steroid dienone is 1. The van der Waals surface area contributed by atoms with Gasteiger partial charge in [0.15, 0.2) is 0 Å². The van der Waals surface area contributed by atoms with E-state index in [4.69, 9.17) is 11.6 Å². The molecule has 0 bridgehead atoms. The van der Waals surface area contributed by atoms with Crippen LogP contribution in [0.3, 0.4) is 0 Å². The van der Waals surface area contributed by atoms with Crippen molar-refractivity contribution < 1.29 is 4.39 Å². The second-order valence-corrected chi connectivity index (χ2v) is 7.01. The van der Waals surface area contributed by atoms with Gasteiger partial charge in [-0.05, 0) is 43.9 Å². The summed E-state index contributed by atoms with van der Waals surface area (Å²) in [5.74, 6) is 0.0941. The molecular formula is C18H26ClFN4. The van der Waals surface area contributed by atoms with Crippen LogP contribution in [0.25, 0.3) is 0 Å². The van der Waals surface area contributed by atoms with Crippen molar-refractivity contribution in [3.63, 3.8) is 0 Å². The second kappa shape index (κ2) is 8.47. The van der Waals surface area contributed by atoms with E-state index in [-0.39, 0.29) is 17.9 Å². The van der Waals surface area contributed by atoms with Gasteiger partial charge in [0.2, 0.25) is 0 Å². The number of halogens is 2. The monoisotopic (exact) mass is 352 g/mol. The maximum absolute atomic E-state index is 14.1. The van der Waals surface area contributed by atoms with Crippen molar-refractivity contribution in [3.8, 4) is 0 Å². The van der Waals surface area contributed by atoms with Crippen LogP contribution in [0.4, 0.5) is 10.1 Å². The standard InChI is InChI=1S/C18H26ClFN4/c1-5-13-10-17(12(2)3)22-23-24(4)9-8-16(13)21-18-11-14(19)6-7-15(18)20/h5-7,11-12,16-17,21H,8-10H2,1-4H3/b13-5+,23-22?/t16?,17-/m1/s1. The summed E-state index contributed by atoms with van der Waals surface area (Å²) in [5.41, 5.74) is 1.66. The maximum Gasteiger partial charge on any atom is 0.146 e. The van der Waals surface area contributed by atoms with Crippen LogP contribution < -0.4 is 5.32 Å². The van der Waals surface area contributed by atoms with Crippen molar-refractivity contribution in [2.24, 2.45) is 16.3 Å². The first-order valence-corrected chi connectivity index (χ1v) is 8.77. The van der Waals surface area contributed by atoms with Crippen LogP contribution in [0.15, 0.2) is 40.2 Å². The second-order valence-electron chi connectivity index (χ2n) is 6.58. The van der Waals surface area contributed by atoms with Gasteiger partial charge in [0.05, 0.1) is 11.7 Å². The normalized spacial score (nSPS) is 24.0. The molecule has 0 amide bonds. The predicted molar refractivity (Wildman–Crippen MR) is 97.9 cm³/mol. The Labute approximate surface area is 148 Å². The Morgan fingerprint density at radius 1 is 1.42 bits per heavy atom. The summed E-state index contributed by atoms with van der Waals surface area (Å²) in [5, 5.41) is 14.5. The lowest BCUT2D eigenvalue weighted by molar-refractivity contribution is 0.309. The van der Waals surface area contributed by atoms with Gasteiger partial charge in [0, 0.05) is 24.7 Å². The Bertz CT molecular complexity index is 615. The fraction of sp³-hybridized carbons (Fsp3) is 0.556. The Morgan fingerprint density at radius 2 is 2.17 bits per heavy atom. The zero-order valence-electron chi connectivity index (χ0n) is 14.8. The number of anilines is 1. The van der Waals surface area contributed by atoms with E-state index in [1.165, 1.54) is 11.6 Å². The molecule has 0 saturated carbocycles. The molecule has 1 heterocycles. The molecule has 2 atom stereocenters. The summed E-state index contributed by atoms with van der Waals surface area (Å²) >= 11 is 6.02. The molecule has 1 aliphatic rings. The zero-order valence-corrected chi connectivity index (χ0v) is 15.5. The molecule has 0 aliphatic carbocycles. The molecule has 132 valence electrons. The van der Waals surface area contributed by atoms with Crippen LogP contribution in [-0.2, 0) is 0 Å². The number of nitrogens with zero attached hydrogens (tertiary/aromatic N) is 3. The molecule has 0 saturated heterocycles. The van der Waals surface area contributed by atoms with Gasteiger partial charge in [-0.25, -0.2) is 4.39 Å². The minimum atomic E-state index is -0.294. The number of hydrogen-bond donors (Lipinski definition) is 1. The van der Waals surface area contributed by atoms with Crippen LogP contribution in [0.2, 0.25) is 5.02 Å². The first kappa shape index (κ1) is 18.7. The Balaban J connectivity index is 2.27. The molecule has 0 radical (unpaired) electrons. The fourth-order valence-electron chi connectivity index (χ4n) is 2.77. The molecule has 0 aromatic heterocycles. The lowest BCUT2D eigenvalue weighted by Crippen LogP contribution is -2.28. The quantitative estimate of drug-likeness (QED) is 0.747. The van der Waals surface area contributed by atoms with Crippen LogP contribution in [0.1, 0.15) is 33.6 Å². The van der Waals surface area contributed by atoms with E-state index in [2.05, 4.69) is 35.6 Å². The third-order valence-electron chi connectivity index (χ3n) is 4.38. The smallest absolute Gasteiger partial charge is 0.146 e. The minimum Gasteiger partial charge on any atom is -0.376 e. The molecule has 0 spiro atoms. The molecule has 24 heavy (non-hydrogen) atoms. The highest BCUT2D eigenvalue weighted by Crippen LogP contribution is 2.27. The van der Waals surface area contributed by atoms with Gasteiger partial charge in [-0.1, -0.05) is 42.3 Å². The average molecular weight is 353 g/mol. The maximum atomic E-state index is 14.1. The lowest BCUT2D eigenvalue weighted by atomic mass is 9.91. The topological polar surface area (TPSA) is 40.0 Å². The van der Waals surface area contributed by atoms with Gasteiger partial charge >= 0.3 is 0 Å². The first-order valence-electron chi connectivity index (χ1n) is 8.39. The zero-order chi connectivity index (χ0) is 17.7. The lowest BCUT2D eigenvalue weighted by Gasteiger charge is -2.25. The summed E-state index contributed by atoms with van der Waals surface area (Å²) < 4.78 is 14.1. The third-order valence-corrected chi connectivity index (χ3v) is 4.62. The van der Waals surface area contributed by atoms with Gasteiger partial charge in [-0.2, -0.15) is 5.11 Å². The molecule has 1 aliphatic heterocycles. The van der Waals surface area contributed by atoms with E-state index < -0.39 is 0 Å². The molecule has 2 rings (SSSR count). The Kier molecular flexibility index (Phi) is 6.60. The Hall–Kier alpha value is -1.62. The number of nitrogens with one attached hydrogen (secondary N) is 1. The van der Waals surface area contributed by atoms with E-state index in [0.29, 0.717) is 16.6 Å². The van der Waals surface area contributed by atoms with Crippen LogP contribution >= 0.6 is 11.6 Å². The van der Waals surface area contributed by atoms with Gasteiger partial charge in [0.1, 0.15) is 5.82 Å². The van der Waals surface area contributed by atoms with Crippen LogP contribution in [0, 0.1) is 11.7 Å². The largest absolute Gasteiger partial charge is 0.376 e. The molecule has 1 aromatic carbocycles. The van der Waals surface area contributed by atoms with E-state index >= 15 is 0 Å². The van der Waals surface area contributed by atoms with Gasteiger partial charge < -0.3 is 5.32 Å². The number of rotatable bonds is 3. The summed E-state index contributed by atoms with van der Waals surface area (Å²) in [6.07, 6.45) is 3.73. The third kappa shape index (κ3) is 4.94. The molecule has 1 unspecified atom stereocenters. The summed E-state index contributed by atoms with van der Waals surface area (Å²) in [7, 11) is 1.92. The van der Waals surface area contributed by atoms with Crippen LogP contribution in [0.5, 0.6) is 0 Å². The summed E-state index contributed by atoms with van der Waals surface area (Å²) in [4.78, 5) is 0. The van der Waals surface area contributed by atoms with Gasteiger partial charge in [-0.3, -0.25) is 5.01 Å². The predicted octanol–water partition coefficient (Wildman–Crippen LogP) is 5.32. The van der Waals surface area contributed by atoms with Crippen molar-refractivity contribution in [2.75, 3.05) is 18.9 Å². The van der Waals surface area contributed by atoms with E-state index in [0.717, 1.165) is 19.4 Å². The van der Waals surface area contributed by atoms with E-state index in [1.807, 2.05) is 19.0 Å². The molecule has 1 N–H and O–H groups in total. The van der Waals surface area contributed by atoms with Crippen molar-refractivity contribution in [1.29, 1.82) is 0 Å². The SMILES string of the molecule is C/C=C1\C[C@H](C(C)C)N=NN(C)CCC1Nc1cc(Cl)ccc1F. The van der Waals surface area contributed by atoms with Crippen molar-refractivity contribution >= 4 is 17.3 Å². The van der Waals surface area contributed by atoms with Gasteiger partial charge in [0.25, 0.3) is 0 Å². The average Bonchev–Trinajstić information content (AvgIpc) is 2.61. The fourth-order valence-corrected chi connectivity index (χ4v) is 2.95. The van der Waals surface area contributed by atoms with Crippen molar-refractivity contribution in [1.82, 2.24) is 5.01 Å². The highest BCUT2D eigenvalue weighted by Gasteiger charge is 2.23. The number of hydrogen-bond acceptors (Lipinski definition) is 4. The summed E-state index contributed by atoms with van der Waals surface area (Å²) in [6, 6.07) is 4.72. The van der Waals surface area contributed by atoms with E-state index in [9.17, 15) is 4.39 Å². The molecular weight excluding hydrogens is 327 g/mol. The molecule has 1 aromatic rings. The van der Waals surface area contributed by atoms with Crippen molar-refractivity contribution in [2.45, 2.75) is 45.7 Å².